The van der Waals surface area contributed by atoms with Gasteiger partial charge < -0.3 is 4.74 Å². The van der Waals surface area contributed by atoms with E-state index < -0.39 is 0 Å². The molecule has 168 valence electrons. The fourth-order valence-electron chi connectivity index (χ4n) is 4.15. The van der Waals surface area contributed by atoms with Crippen molar-refractivity contribution in [2.24, 2.45) is 0 Å². The molecule has 0 N–H and O–H groups in total. The lowest BCUT2D eigenvalue weighted by atomic mass is 9.90. The molecule has 0 heterocycles. The van der Waals surface area contributed by atoms with Crippen LogP contribution in [0, 0.1) is 13.8 Å². The predicted molar refractivity (Wildman–Crippen MR) is 145 cm³/mol. The van der Waals surface area contributed by atoms with Crippen molar-refractivity contribution < 1.29 is 4.74 Å². The molecule has 0 aliphatic rings. The van der Waals surface area contributed by atoms with Crippen molar-refractivity contribution in [2.45, 2.75) is 25.7 Å². The molecule has 4 rings (SSSR count). The number of aryl methyl sites for hydroxylation is 2. The van der Waals surface area contributed by atoms with Crippen LogP contribution >= 0.6 is 31.9 Å². The molecule has 1 nitrogen and oxygen atoms in total. The van der Waals surface area contributed by atoms with Crippen molar-refractivity contribution in [1.82, 2.24) is 0 Å². The van der Waals surface area contributed by atoms with Crippen LogP contribution in [0.25, 0.3) is 0 Å². The molecular weight excluding hydrogens is 536 g/mol. The molecule has 0 spiro atoms. The zero-order valence-electron chi connectivity index (χ0n) is 19.0. The van der Waals surface area contributed by atoms with Crippen molar-refractivity contribution in [3.63, 3.8) is 0 Å². The maximum Gasteiger partial charge on any atom is 0.0576 e. The van der Waals surface area contributed by atoms with Crippen LogP contribution in [-0.4, -0.2) is 13.2 Å². The molecule has 0 aromatic heterocycles. The van der Waals surface area contributed by atoms with Crippen LogP contribution in [0.3, 0.4) is 0 Å². The average Bonchev–Trinajstić information content (AvgIpc) is 2.82. The van der Waals surface area contributed by atoms with Gasteiger partial charge in [-0.1, -0.05) is 128 Å². The summed E-state index contributed by atoms with van der Waals surface area (Å²) < 4.78 is 8.73. The van der Waals surface area contributed by atoms with Crippen molar-refractivity contribution in [2.75, 3.05) is 13.2 Å². The second kappa shape index (κ2) is 11.3. The van der Waals surface area contributed by atoms with E-state index in [2.05, 4.69) is 143 Å². The van der Waals surface area contributed by atoms with Gasteiger partial charge in [0.15, 0.2) is 0 Å². The first kappa shape index (κ1) is 23.9. The van der Waals surface area contributed by atoms with Crippen LogP contribution in [0.2, 0.25) is 0 Å². The minimum absolute atomic E-state index is 0.152. The van der Waals surface area contributed by atoms with Crippen LogP contribution in [0.5, 0.6) is 0 Å². The first-order chi connectivity index (χ1) is 16.0. The second-order valence-corrected chi connectivity index (χ2v) is 10.2. The van der Waals surface area contributed by atoms with E-state index in [4.69, 9.17) is 4.74 Å². The summed E-state index contributed by atoms with van der Waals surface area (Å²) in [6, 6.07) is 34.4. The second-order valence-electron chi connectivity index (χ2n) is 8.51. The van der Waals surface area contributed by atoms with Gasteiger partial charge in [0.05, 0.1) is 13.2 Å². The Hall–Kier alpha value is -2.20. The van der Waals surface area contributed by atoms with Gasteiger partial charge in [-0.2, -0.15) is 0 Å². The van der Waals surface area contributed by atoms with E-state index in [1.54, 1.807) is 0 Å². The molecule has 0 aliphatic heterocycles. The normalized spacial score (nSPS) is 13.0. The number of hydrogen-bond donors (Lipinski definition) is 0. The van der Waals surface area contributed by atoms with Gasteiger partial charge in [-0.05, 0) is 48.2 Å². The smallest absolute Gasteiger partial charge is 0.0576 e. The molecule has 0 saturated heterocycles. The molecule has 2 unspecified atom stereocenters. The molecule has 0 radical (unpaired) electrons. The molecular formula is C30H28Br2O. The molecule has 3 heteroatoms. The highest BCUT2D eigenvalue weighted by molar-refractivity contribution is 9.10. The molecule has 0 aliphatic carbocycles. The van der Waals surface area contributed by atoms with Crippen molar-refractivity contribution in [1.29, 1.82) is 0 Å². The van der Waals surface area contributed by atoms with E-state index in [-0.39, 0.29) is 11.8 Å². The van der Waals surface area contributed by atoms with Crippen molar-refractivity contribution in [3.05, 3.63) is 139 Å². The van der Waals surface area contributed by atoms with Crippen molar-refractivity contribution in [3.8, 4) is 0 Å². The molecule has 2 atom stereocenters. The first-order valence-electron chi connectivity index (χ1n) is 11.2. The third-order valence-electron chi connectivity index (χ3n) is 6.09. The summed E-state index contributed by atoms with van der Waals surface area (Å²) in [6.07, 6.45) is 0. The highest BCUT2D eigenvalue weighted by Gasteiger charge is 2.21. The van der Waals surface area contributed by atoms with Crippen LogP contribution in [0.1, 0.15) is 45.2 Å². The highest BCUT2D eigenvalue weighted by atomic mass is 79.9. The Balaban J connectivity index is 1.60. The molecule has 0 saturated carbocycles. The molecule has 0 fully saturated rings. The standard InChI is InChI=1S/C30H28Br2O/c1-21-11-15-23(16-12-21)27(25-7-3-5-9-29(25)31)19-33-20-28(24-17-13-22(2)14-18-24)26-8-4-6-10-30(26)32/h3-18,27-28H,19-20H2,1-2H3. The maximum atomic E-state index is 6.50. The fourth-order valence-corrected chi connectivity index (χ4v) is 5.27. The summed E-state index contributed by atoms with van der Waals surface area (Å²) in [5.74, 6) is 0.304. The van der Waals surface area contributed by atoms with Gasteiger partial charge in [0.1, 0.15) is 0 Å². The SMILES string of the molecule is Cc1ccc(C(COCC(c2ccc(C)cc2)c2ccccc2Br)c2ccccc2Br)cc1. The summed E-state index contributed by atoms with van der Waals surface area (Å²) in [5, 5.41) is 0. The summed E-state index contributed by atoms with van der Waals surface area (Å²) in [7, 11) is 0. The Kier molecular flexibility index (Phi) is 8.19. The minimum atomic E-state index is 0.152. The lowest BCUT2D eigenvalue weighted by Crippen LogP contribution is -2.16. The van der Waals surface area contributed by atoms with Crippen LogP contribution in [0.4, 0.5) is 0 Å². The van der Waals surface area contributed by atoms with Gasteiger partial charge in [-0.3, -0.25) is 0 Å². The number of halogens is 2. The number of ether oxygens (including phenoxy) is 1. The van der Waals surface area contributed by atoms with Gasteiger partial charge in [-0.25, -0.2) is 0 Å². The van der Waals surface area contributed by atoms with E-state index in [1.807, 2.05) is 0 Å². The fraction of sp³-hybridized carbons (Fsp3) is 0.200. The molecule has 4 aromatic rings. The number of hydrogen-bond acceptors (Lipinski definition) is 1. The monoisotopic (exact) mass is 562 g/mol. The van der Waals surface area contributed by atoms with Gasteiger partial charge in [-0.15, -0.1) is 0 Å². The van der Waals surface area contributed by atoms with Crippen molar-refractivity contribution >= 4 is 31.9 Å². The van der Waals surface area contributed by atoms with E-state index in [1.165, 1.54) is 33.4 Å². The Morgan fingerprint density at radius 3 is 1.27 bits per heavy atom. The molecule has 33 heavy (non-hydrogen) atoms. The van der Waals surface area contributed by atoms with Gasteiger partial charge >= 0.3 is 0 Å². The molecule has 4 aromatic carbocycles. The Morgan fingerprint density at radius 2 is 0.909 bits per heavy atom. The summed E-state index contributed by atoms with van der Waals surface area (Å²) in [5.41, 5.74) is 7.54. The van der Waals surface area contributed by atoms with E-state index in [0.717, 1.165) is 8.95 Å². The Bertz CT molecular complexity index is 1090. The van der Waals surface area contributed by atoms with Crippen LogP contribution in [0.15, 0.2) is 106 Å². The van der Waals surface area contributed by atoms with E-state index in [9.17, 15) is 0 Å². The Morgan fingerprint density at radius 1 is 0.545 bits per heavy atom. The van der Waals surface area contributed by atoms with E-state index >= 15 is 0 Å². The predicted octanol–water partition coefficient (Wildman–Crippen LogP) is 8.81. The molecule has 0 bridgehead atoms. The van der Waals surface area contributed by atoms with Gasteiger partial charge in [0.2, 0.25) is 0 Å². The number of rotatable bonds is 8. The largest absolute Gasteiger partial charge is 0.379 e. The zero-order valence-corrected chi connectivity index (χ0v) is 22.1. The third kappa shape index (κ3) is 6.03. The zero-order chi connectivity index (χ0) is 23.2. The van der Waals surface area contributed by atoms with Crippen LogP contribution in [-0.2, 0) is 4.74 Å². The summed E-state index contributed by atoms with van der Waals surface area (Å²) in [6.45, 7) is 5.46. The third-order valence-corrected chi connectivity index (χ3v) is 7.53. The molecule has 0 amide bonds. The highest BCUT2D eigenvalue weighted by Crippen LogP contribution is 2.34. The summed E-state index contributed by atoms with van der Waals surface area (Å²) >= 11 is 7.51. The average molecular weight is 564 g/mol. The number of benzene rings is 4. The van der Waals surface area contributed by atoms with E-state index in [0.29, 0.717) is 13.2 Å². The van der Waals surface area contributed by atoms with Gasteiger partial charge in [0.25, 0.3) is 0 Å². The summed E-state index contributed by atoms with van der Waals surface area (Å²) in [4.78, 5) is 0. The maximum absolute atomic E-state index is 6.50. The quantitative estimate of drug-likeness (QED) is 0.208. The Labute approximate surface area is 214 Å². The minimum Gasteiger partial charge on any atom is -0.379 e. The first-order valence-corrected chi connectivity index (χ1v) is 12.8. The lowest BCUT2D eigenvalue weighted by molar-refractivity contribution is 0.120. The van der Waals surface area contributed by atoms with Crippen LogP contribution < -0.4 is 0 Å². The lowest BCUT2D eigenvalue weighted by Gasteiger charge is -2.23. The van der Waals surface area contributed by atoms with Gasteiger partial charge in [0, 0.05) is 20.8 Å². The topological polar surface area (TPSA) is 9.23 Å².